The highest BCUT2D eigenvalue weighted by atomic mass is 19.1. The van der Waals surface area contributed by atoms with Crippen LogP contribution in [0.3, 0.4) is 0 Å². The molecule has 0 spiro atoms. The zero-order chi connectivity index (χ0) is 22.3. The molecule has 162 valence electrons. The third kappa shape index (κ3) is 6.76. The van der Waals surface area contributed by atoms with Gasteiger partial charge in [0.05, 0.1) is 7.11 Å². The third-order valence-electron chi connectivity index (χ3n) is 4.39. The van der Waals surface area contributed by atoms with E-state index in [1.54, 1.807) is 56.5 Å². The van der Waals surface area contributed by atoms with Gasteiger partial charge in [0, 0.05) is 17.6 Å². The summed E-state index contributed by atoms with van der Waals surface area (Å²) in [5.41, 5.74) is -0.136. The van der Waals surface area contributed by atoms with E-state index in [4.69, 9.17) is 9.47 Å². The van der Waals surface area contributed by atoms with Gasteiger partial charge in [0.15, 0.2) is 6.61 Å². The highest BCUT2D eigenvalue weighted by Crippen LogP contribution is 2.18. The fourth-order valence-electron chi connectivity index (χ4n) is 2.77. The molecule has 0 aliphatic rings. The lowest BCUT2D eigenvalue weighted by Gasteiger charge is -2.31. The van der Waals surface area contributed by atoms with E-state index in [9.17, 15) is 14.0 Å². The van der Waals surface area contributed by atoms with Gasteiger partial charge in [-0.15, -0.1) is 0 Å². The Morgan fingerprint density at radius 1 is 1.07 bits per heavy atom. The van der Waals surface area contributed by atoms with E-state index in [-0.39, 0.29) is 19.1 Å². The van der Waals surface area contributed by atoms with Crippen molar-refractivity contribution < 1.29 is 23.5 Å². The summed E-state index contributed by atoms with van der Waals surface area (Å²) >= 11 is 0. The first kappa shape index (κ1) is 23.2. The molecule has 6 nitrogen and oxygen atoms in total. The summed E-state index contributed by atoms with van der Waals surface area (Å²) < 4.78 is 24.9. The number of nitrogens with zero attached hydrogens (tertiary/aromatic N) is 1. The maximum absolute atomic E-state index is 14.2. The molecule has 2 aromatic carbocycles. The molecular weight excluding hydrogens is 387 g/mol. The number of amides is 2. The van der Waals surface area contributed by atoms with Crippen molar-refractivity contribution in [2.24, 2.45) is 0 Å². The van der Waals surface area contributed by atoms with E-state index in [0.717, 1.165) is 0 Å². The molecule has 0 aliphatic carbocycles. The van der Waals surface area contributed by atoms with Gasteiger partial charge in [-0.1, -0.05) is 18.2 Å². The number of halogens is 1. The number of carbonyl (C=O) groups is 2. The number of benzene rings is 2. The Labute approximate surface area is 177 Å². The normalized spacial score (nSPS) is 12.1. The fourth-order valence-corrected chi connectivity index (χ4v) is 2.77. The van der Waals surface area contributed by atoms with Crippen LogP contribution in [0.15, 0.2) is 48.5 Å². The smallest absolute Gasteiger partial charge is 0.261 e. The minimum absolute atomic E-state index is 0.0454. The summed E-state index contributed by atoms with van der Waals surface area (Å²) in [6.07, 6.45) is 0. The van der Waals surface area contributed by atoms with Crippen molar-refractivity contribution in [3.63, 3.8) is 0 Å². The molecule has 2 amide bonds. The monoisotopic (exact) mass is 416 g/mol. The number of ether oxygens (including phenoxy) is 2. The van der Waals surface area contributed by atoms with Crippen LogP contribution in [-0.2, 0) is 16.1 Å². The summed E-state index contributed by atoms with van der Waals surface area (Å²) in [5, 5.41) is 2.86. The Morgan fingerprint density at radius 3 is 2.23 bits per heavy atom. The second kappa shape index (κ2) is 10.1. The molecular formula is C23H29FN2O4. The molecule has 0 aliphatic heterocycles. The van der Waals surface area contributed by atoms with Crippen molar-refractivity contribution in [2.75, 3.05) is 13.7 Å². The van der Waals surface area contributed by atoms with Gasteiger partial charge in [-0.2, -0.15) is 0 Å². The lowest BCUT2D eigenvalue weighted by molar-refractivity contribution is -0.142. The molecule has 0 aromatic heterocycles. The second-order valence-corrected chi connectivity index (χ2v) is 7.99. The molecule has 0 radical (unpaired) electrons. The maximum Gasteiger partial charge on any atom is 0.261 e. The Hall–Kier alpha value is -3.09. The number of carbonyl (C=O) groups excluding carboxylic acids is 2. The number of methoxy groups -OCH3 is 1. The van der Waals surface area contributed by atoms with E-state index in [1.807, 2.05) is 20.8 Å². The standard InChI is InChI=1S/C23H29FN2O4/c1-16(22(28)25-23(2,3)4)26(14-17-8-6-7-9-20(17)24)21(27)15-30-19-12-10-18(29-5)11-13-19/h6-13,16H,14-15H2,1-5H3,(H,25,28)/t16-/m1/s1. The van der Waals surface area contributed by atoms with Crippen LogP contribution in [0.4, 0.5) is 4.39 Å². The van der Waals surface area contributed by atoms with Gasteiger partial charge in [-0.25, -0.2) is 4.39 Å². The Morgan fingerprint density at radius 2 is 1.67 bits per heavy atom. The molecule has 1 N–H and O–H groups in total. The van der Waals surface area contributed by atoms with Crippen molar-refractivity contribution in [3.05, 3.63) is 59.9 Å². The van der Waals surface area contributed by atoms with E-state index in [1.165, 1.54) is 11.0 Å². The number of nitrogens with one attached hydrogen (secondary N) is 1. The molecule has 0 saturated heterocycles. The molecule has 0 bridgehead atoms. The van der Waals surface area contributed by atoms with Crippen LogP contribution in [0, 0.1) is 5.82 Å². The van der Waals surface area contributed by atoms with Crippen LogP contribution in [0.5, 0.6) is 11.5 Å². The van der Waals surface area contributed by atoms with E-state index in [2.05, 4.69) is 5.32 Å². The first-order valence-corrected chi connectivity index (χ1v) is 9.72. The van der Waals surface area contributed by atoms with Gasteiger partial charge in [-0.3, -0.25) is 9.59 Å². The Balaban J connectivity index is 2.16. The van der Waals surface area contributed by atoms with E-state index < -0.39 is 23.3 Å². The minimum Gasteiger partial charge on any atom is -0.497 e. The van der Waals surface area contributed by atoms with Gasteiger partial charge in [-0.05, 0) is 58.0 Å². The highest BCUT2D eigenvalue weighted by molar-refractivity contribution is 5.88. The summed E-state index contributed by atoms with van der Waals surface area (Å²) in [4.78, 5) is 26.9. The molecule has 7 heteroatoms. The number of hydrogen-bond acceptors (Lipinski definition) is 4. The average molecular weight is 416 g/mol. The summed E-state index contributed by atoms with van der Waals surface area (Å²) in [5.74, 6) is -0.0267. The van der Waals surface area contributed by atoms with Crippen molar-refractivity contribution in [1.82, 2.24) is 10.2 Å². The zero-order valence-corrected chi connectivity index (χ0v) is 18.1. The van der Waals surface area contributed by atoms with Crippen molar-refractivity contribution in [1.29, 1.82) is 0 Å². The summed E-state index contributed by atoms with van der Waals surface area (Å²) in [6.45, 7) is 6.85. The highest BCUT2D eigenvalue weighted by Gasteiger charge is 2.29. The van der Waals surface area contributed by atoms with Crippen molar-refractivity contribution in [3.8, 4) is 11.5 Å². The quantitative estimate of drug-likeness (QED) is 0.715. The van der Waals surface area contributed by atoms with Gasteiger partial charge in [0.2, 0.25) is 5.91 Å². The van der Waals surface area contributed by atoms with Crippen LogP contribution >= 0.6 is 0 Å². The molecule has 1 atom stereocenters. The van der Waals surface area contributed by atoms with Crippen molar-refractivity contribution in [2.45, 2.75) is 45.8 Å². The minimum atomic E-state index is -0.809. The van der Waals surface area contributed by atoms with Gasteiger partial charge < -0.3 is 19.7 Å². The maximum atomic E-state index is 14.2. The van der Waals surface area contributed by atoms with E-state index >= 15 is 0 Å². The molecule has 0 heterocycles. The number of rotatable bonds is 8. The van der Waals surface area contributed by atoms with Crippen LogP contribution in [0.2, 0.25) is 0 Å². The second-order valence-electron chi connectivity index (χ2n) is 7.99. The molecule has 2 aromatic rings. The SMILES string of the molecule is COc1ccc(OCC(=O)N(Cc2ccccc2F)[C@H](C)C(=O)NC(C)(C)C)cc1. The van der Waals surface area contributed by atoms with Crippen LogP contribution in [0.25, 0.3) is 0 Å². The summed E-state index contributed by atoms with van der Waals surface area (Å²) in [7, 11) is 1.56. The lowest BCUT2D eigenvalue weighted by Crippen LogP contribution is -2.53. The predicted molar refractivity (Wildman–Crippen MR) is 113 cm³/mol. The van der Waals surface area contributed by atoms with Gasteiger partial charge in [0.25, 0.3) is 5.91 Å². The molecule has 2 rings (SSSR count). The first-order chi connectivity index (χ1) is 14.1. The van der Waals surface area contributed by atoms with E-state index in [0.29, 0.717) is 17.1 Å². The summed E-state index contributed by atoms with van der Waals surface area (Å²) in [6, 6.07) is 12.2. The van der Waals surface area contributed by atoms with Gasteiger partial charge in [0.1, 0.15) is 23.4 Å². The van der Waals surface area contributed by atoms with Crippen LogP contribution in [0.1, 0.15) is 33.3 Å². The average Bonchev–Trinajstić information content (AvgIpc) is 2.70. The fraction of sp³-hybridized carbons (Fsp3) is 0.391. The Bertz CT molecular complexity index is 862. The topological polar surface area (TPSA) is 67.9 Å². The van der Waals surface area contributed by atoms with Gasteiger partial charge >= 0.3 is 0 Å². The predicted octanol–water partition coefficient (Wildman–Crippen LogP) is 3.55. The zero-order valence-electron chi connectivity index (χ0n) is 18.1. The molecule has 0 saturated carbocycles. The lowest BCUT2D eigenvalue weighted by atomic mass is 10.1. The molecule has 30 heavy (non-hydrogen) atoms. The van der Waals surface area contributed by atoms with Crippen molar-refractivity contribution >= 4 is 11.8 Å². The largest absolute Gasteiger partial charge is 0.497 e. The third-order valence-corrected chi connectivity index (χ3v) is 4.39. The number of hydrogen-bond donors (Lipinski definition) is 1. The Kier molecular flexibility index (Phi) is 7.80. The van der Waals surface area contributed by atoms with Crippen LogP contribution in [-0.4, -0.2) is 42.0 Å². The van der Waals surface area contributed by atoms with Crippen LogP contribution < -0.4 is 14.8 Å². The first-order valence-electron chi connectivity index (χ1n) is 9.72. The molecule has 0 unspecified atom stereocenters. The molecule has 0 fully saturated rings.